The Morgan fingerprint density at radius 3 is 2.52 bits per heavy atom. The summed E-state index contributed by atoms with van der Waals surface area (Å²) in [5.41, 5.74) is 0.738. The molecule has 1 atom stereocenters. The molecule has 1 aliphatic carbocycles. The zero-order valence-electron chi connectivity index (χ0n) is 13.7. The molecule has 0 heterocycles. The van der Waals surface area contributed by atoms with Crippen LogP contribution in [0.5, 0.6) is 0 Å². The van der Waals surface area contributed by atoms with Crippen molar-refractivity contribution < 1.29 is 24.6 Å². The predicted molar refractivity (Wildman–Crippen MR) is 87.0 cm³/mol. The summed E-state index contributed by atoms with van der Waals surface area (Å²) in [6.07, 6.45) is 7.67. The lowest BCUT2D eigenvalue weighted by Gasteiger charge is -2.04. The number of rotatable bonds is 11. The largest absolute Gasteiger partial charge is 0.481 e. The molecule has 0 radical (unpaired) electrons. The molecule has 0 fully saturated rings. The summed E-state index contributed by atoms with van der Waals surface area (Å²) in [6, 6.07) is 0. The molecular formula is C18H26O5. The monoisotopic (exact) mass is 322 g/mol. The predicted octanol–water partition coefficient (Wildman–Crippen LogP) is 2.97. The first-order chi connectivity index (χ1) is 11.0. The van der Waals surface area contributed by atoms with Gasteiger partial charge in [-0.25, -0.2) is 0 Å². The molecule has 23 heavy (non-hydrogen) atoms. The SMILES string of the molecule is CCCCCCCC(=O)C=CC1=C(CCC(=O)O)C(=O)CC1O. The van der Waals surface area contributed by atoms with Gasteiger partial charge in [0.1, 0.15) is 0 Å². The van der Waals surface area contributed by atoms with Crippen molar-refractivity contribution in [3.8, 4) is 0 Å². The van der Waals surface area contributed by atoms with Crippen molar-refractivity contribution in [3.63, 3.8) is 0 Å². The maximum atomic E-state index is 11.8. The van der Waals surface area contributed by atoms with Gasteiger partial charge in [0.2, 0.25) is 0 Å². The molecule has 0 aliphatic heterocycles. The Balaban J connectivity index is 2.57. The highest BCUT2D eigenvalue weighted by molar-refractivity contribution is 6.01. The number of carbonyl (C=O) groups excluding carboxylic acids is 2. The molecular weight excluding hydrogens is 296 g/mol. The first kappa shape index (κ1) is 19.3. The van der Waals surface area contributed by atoms with Crippen LogP contribution in [0.15, 0.2) is 23.3 Å². The minimum absolute atomic E-state index is 0.0279. The van der Waals surface area contributed by atoms with Crippen LogP contribution in [0.1, 0.15) is 64.7 Å². The number of Topliss-reactive ketones (excluding diaryl/α,β-unsaturated/α-hetero) is 1. The maximum Gasteiger partial charge on any atom is 0.303 e. The van der Waals surface area contributed by atoms with Crippen molar-refractivity contribution in [2.75, 3.05) is 0 Å². The van der Waals surface area contributed by atoms with Crippen molar-refractivity contribution in [2.45, 2.75) is 70.8 Å². The molecule has 5 nitrogen and oxygen atoms in total. The fourth-order valence-electron chi connectivity index (χ4n) is 2.67. The van der Waals surface area contributed by atoms with E-state index in [4.69, 9.17) is 5.11 Å². The lowest BCUT2D eigenvalue weighted by Crippen LogP contribution is -2.05. The molecule has 128 valence electrons. The lowest BCUT2D eigenvalue weighted by molar-refractivity contribution is -0.137. The average molecular weight is 322 g/mol. The van der Waals surface area contributed by atoms with E-state index >= 15 is 0 Å². The molecule has 0 spiro atoms. The molecule has 0 aromatic carbocycles. The van der Waals surface area contributed by atoms with Gasteiger partial charge in [0.25, 0.3) is 0 Å². The van der Waals surface area contributed by atoms with Gasteiger partial charge in [0.05, 0.1) is 6.10 Å². The average Bonchev–Trinajstić information content (AvgIpc) is 2.76. The van der Waals surface area contributed by atoms with Crippen LogP contribution in [0.3, 0.4) is 0 Å². The number of hydrogen-bond donors (Lipinski definition) is 2. The Labute approximate surface area is 137 Å². The van der Waals surface area contributed by atoms with Gasteiger partial charge in [-0.1, -0.05) is 38.7 Å². The Morgan fingerprint density at radius 2 is 1.87 bits per heavy atom. The highest BCUT2D eigenvalue weighted by Crippen LogP contribution is 2.28. The molecule has 0 saturated heterocycles. The summed E-state index contributed by atoms with van der Waals surface area (Å²) in [7, 11) is 0. The Kier molecular flexibility index (Phi) is 8.48. The molecule has 1 rings (SSSR count). The summed E-state index contributed by atoms with van der Waals surface area (Å²) >= 11 is 0. The molecule has 0 aromatic heterocycles. The molecule has 5 heteroatoms. The fraction of sp³-hybridized carbons (Fsp3) is 0.611. The number of carboxylic acids is 1. The van der Waals surface area contributed by atoms with Gasteiger partial charge >= 0.3 is 5.97 Å². The number of carbonyl (C=O) groups is 3. The van der Waals surface area contributed by atoms with Crippen LogP contribution in [0.4, 0.5) is 0 Å². The second-order valence-corrected chi connectivity index (χ2v) is 5.93. The van der Waals surface area contributed by atoms with E-state index in [1.54, 1.807) is 0 Å². The van der Waals surface area contributed by atoms with E-state index in [9.17, 15) is 19.5 Å². The van der Waals surface area contributed by atoms with E-state index in [2.05, 4.69) is 6.92 Å². The summed E-state index contributed by atoms with van der Waals surface area (Å²) in [6.45, 7) is 2.14. The topological polar surface area (TPSA) is 91.7 Å². The van der Waals surface area contributed by atoms with E-state index in [1.807, 2.05) is 0 Å². The number of aliphatic carboxylic acids is 1. The second-order valence-electron chi connectivity index (χ2n) is 5.93. The van der Waals surface area contributed by atoms with E-state index in [0.717, 1.165) is 25.7 Å². The Bertz CT molecular complexity index is 502. The van der Waals surface area contributed by atoms with Crippen molar-refractivity contribution in [2.24, 2.45) is 0 Å². The van der Waals surface area contributed by atoms with E-state index in [0.29, 0.717) is 17.6 Å². The number of allylic oxidation sites excluding steroid dienone is 2. The maximum absolute atomic E-state index is 11.8. The zero-order valence-corrected chi connectivity index (χ0v) is 13.7. The highest BCUT2D eigenvalue weighted by Gasteiger charge is 2.29. The molecule has 0 amide bonds. The van der Waals surface area contributed by atoms with Crippen molar-refractivity contribution in [1.29, 1.82) is 0 Å². The van der Waals surface area contributed by atoms with Gasteiger partial charge in [-0.3, -0.25) is 14.4 Å². The Hall–Kier alpha value is -1.75. The molecule has 0 saturated carbocycles. The van der Waals surface area contributed by atoms with Crippen LogP contribution in [-0.4, -0.2) is 33.9 Å². The lowest BCUT2D eigenvalue weighted by atomic mass is 10.0. The number of hydrogen-bond acceptors (Lipinski definition) is 4. The van der Waals surface area contributed by atoms with Gasteiger partial charge in [0, 0.05) is 24.8 Å². The van der Waals surface area contributed by atoms with Gasteiger partial charge in [0.15, 0.2) is 11.6 Å². The van der Waals surface area contributed by atoms with Gasteiger partial charge in [-0.05, 0) is 24.5 Å². The van der Waals surface area contributed by atoms with Crippen molar-refractivity contribution >= 4 is 17.5 Å². The summed E-state index contributed by atoms with van der Waals surface area (Å²) < 4.78 is 0. The zero-order chi connectivity index (χ0) is 17.2. The smallest absolute Gasteiger partial charge is 0.303 e. The third-order valence-electron chi connectivity index (χ3n) is 3.99. The quantitative estimate of drug-likeness (QED) is 0.451. The third-order valence-corrected chi connectivity index (χ3v) is 3.99. The summed E-state index contributed by atoms with van der Waals surface area (Å²) in [5.74, 6) is -1.25. The van der Waals surface area contributed by atoms with Crippen LogP contribution in [-0.2, 0) is 14.4 Å². The standard InChI is InChI=1S/C18H26O5/c1-2-3-4-5-6-7-13(19)8-9-14-15(10-11-18(22)23)17(21)12-16(14)20/h8-9,16,20H,2-7,10-12H2,1H3,(H,22,23). The van der Waals surface area contributed by atoms with E-state index < -0.39 is 12.1 Å². The number of aliphatic hydroxyl groups excluding tert-OH is 1. The minimum atomic E-state index is -0.988. The van der Waals surface area contributed by atoms with E-state index in [-0.39, 0.29) is 30.8 Å². The minimum Gasteiger partial charge on any atom is -0.481 e. The van der Waals surface area contributed by atoms with Crippen LogP contribution in [0, 0.1) is 0 Å². The molecule has 2 N–H and O–H groups in total. The van der Waals surface area contributed by atoms with Crippen molar-refractivity contribution in [1.82, 2.24) is 0 Å². The fourth-order valence-corrected chi connectivity index (χ4v) is 2.67. The van der Waals surface area contributed by atoms with E-state index in [1.165, 1.54) is 18.6 Å². The summed E-state index contributed by atoms with van der Waals surface area (Å²) in [4.78, 5) is 34.3. The second kappa shape index (κ2) is 10.1. The van der Waals surface area contributed by atoms with Gasteiger partial charge < -0.3 is 10.2 Å². The molecule has 0 bridgehead atoms. The normalized spacial score (nSPS) is 18.2. The van der Waals surface area contributed by atoms with Gasteiger partial charge in [-0.2, -0.15) is 0 Å². The first-order valence-corrected chi connectivity index (χ1v) is 8.32. The number of aliphatic hydroxyl groups is 1. The van der Waals surface area contributed by atoms with Crippen LogP contribution in [0.25, 0.3) is 0 Å². The number of carboxylic acid groups (broad SMARTS) is 1. The molecule has 1 aliphatic rings. The Morgan fingerprint density at radius 1 is 1.17 bits per heavy atom. The first-order valence-electron chi connectivity index (χ1n) is 8.32. The van der Waals surface area contributed by atoms with Crippen molar-refractivity contribution in [3.05, 3.63) is 23.3 Å². The summed E-state index contributed by atoms with van der Waals surface area (Å²) in [5, 5.41) is 18.6. The number of ketones is 2. The van der Waals surface area contributed by atoms with Crippen LogP contribution < -0.4 is 0 Å². The van der Waals surface area contributed by atoms with Gasteiger partial charge in [-0.15, -0.1) is 0 Å². The molecule has 1 unspecified atom stereocenters. The van der Waals surface area contributed by atoms with Crippen LogP contribution in [0.2, 0.25) is 0 Å². The highest BCUT2D eigenvalue weighted by atomic mass is 16.4. The molecule has 0 aromatic rings. The van der Waals surface area contributed by atoms with Crippen LogP contribution >= 0.6 is 0 Å². The number of unbranched alkanes of at least 4 members (excludes halogenated alkanes) is 4. The third kappa shape index (κ3) is 6.91.